The van der Waals surface area contributed by atoms with E-state index in [1.54, 1.807) is 0 Å². The summed E-state index contributed by atoms with van der Waals surface area (Å²) in [4.78, 5) is 14.6. The Kier molecular flexibility index (Phi) is 6.47. The van der Waals surface area contributed by atoms with Crippen molar-refractivity contribution in [3.05, 3.63) is 164 Å². The summed E-state index contributed by atoms with van der Waals surface area (Å²) in [5.41, 5.74) is 7.64. The molecule has 0 bridgehead atoms. The van der Waals surface area contributed by atoms with Crippen LogP contribution in [0, 0.1) is 0 Å². The van der Waals surface area contributed by atoms with Gasteiger partial charge in [0, 0.05) is 16.7 Å². The van der Waals surface area contributed by atoms with Crippen molar-refractivity contribution in [1.29, 1.82) is 0 Å². The number of rotatable bonds is 5. The Morgan fingerprint density at radius 2 is 0.705 bits per heavy atom. The number of hydrogen-bond acceptors (Lipinski definition) is 3. The third-order valence-corrected chi connectivity index (χ3v) is 8.14. The number of benzene rings is 7. The van der Waals surface area contributed by atoms with Crippen molar-refractivity contribution in [2.45, 2.75) is 0 Å². The molecule has 8 aromatic rings. The Morgan fingerprint density at radius 3 is 1.30 bits per heavy atom. The van der Waals surface area contributed by atoms with Crippen LogP contribution in [0.5, 0.6) is 0 Å². The quantitative estimate of drug-likeness (QED) is 0.196. The molecule has 7 aromatic carbocycles. The molecule has 8 rings (SSSR count). The molecule has 0 saturated heterocycles. The molecule has 0 radical (unpaired) electrons. The van der Waals surface area contributed by atoms with Crippen LogP contribution in [-0.4, -0.2) is 15.0 Å². The molecule has 3 nitrogen and oxygen atoms in total. The maximum absolute atomic E-state index is 4.87. The molecule has 0 N–H and O–H groups in total. The van der Waals surface area contributed by atoms with Gasteiger partial charge in [-0.25, -0.2) is 15.0 Å². The fourth-order valence-corrected chi connectivity index (χ4v) is 5.89. The summed E-state index contributed by atoms with van der Waals surface area (Å²) in [6.45, 7) is 0. The lowest BCUT2D eigenvalue weighted by atomic mass is 9.93. The predicted molar refractivity (Wildman–Crippen MR) is 182 cm³/mol. The van der Waals surface area contributed by atoms with E-state index >= 15 is 0 Å². The van der Waals surface area contributed by atoms with Crippen molar-refractivity contribution >= 4 is 21.5 Å². The second-order valence-corrected chi connectivity index (χ2v) is 10.9. The largest absolute Gasteiger partial charge is 0.208 e. The summed E-state index contributed by atoms with van der Waals surface area (Å²) in [5.74, 6) is 1.98. The highest BCUT2D eigenvalue weighted by molar-refractivity contribution is 6.14. The average Bonchev–Trinajstić information content (AvgIpc) is 3.12. The highest BCUT2D eigenvalue weighted by Crippen LogP contribution is 2.35. The number of aromatic nitrogens is 3. The van der Waals surface area contributed by atoms with Gasteiger partial charge in [-0.15, -0.1) is 0 Å². The zero-order valence-electron chi connectivity index (χ0n) is 23.9. The second-order valence-electron chi connectivity index (χ2n) is 10.9. The molecule has 0 aliphatic rings. The highest BCUT2D eigenvalue weighted by Gasteiger charge is 2.13. The average molecular weight is 562 g/mol. The first-order valence-electron chi connectivity index (χ1n) is 14.8. The zero-order chi connectivity index (χ0) is 29.3. The molecule has 1 heterocycles. The minimum absolute atomic E-state index is 0.655. The van der Waals surface area contributed by atoms with E-state index in [1.807, 2.05) is 60.7 Å². The summed E-state index contributed by atoms with van der Waals surface area (Å²) in [7, 11) is 0. The van der Waals surface area contributed by atoms with Crippen LogP contribution in [0.2, 0.25) is 0 Å². The molecule has 44 heavy (non-hydrogen) atoms. The summed E-state index contributed by atoms with van der Waals surface area (Å²) < 4.78 is 0. The molecule has 0 atom stereocenters. The zero-order valence-corrected chi connectivity index (χ0v) is 23.9. The summed E-state index contributed by atoms with van der Waals surface area (Å²) in [6, 6.07) is 57.1. The van der Waals surface area contributed by atoms with E-state index in [0.29, 0.717) is 17.5 Å². The van der Waals surface area contributed by atoms with Gasteiger partial charge in [0.2, 0.25) is 0 Å². The third kappa shape index (κ3) is 4.81. The Balaban J connectivity index is 1.14. The molecule has 0 fully saturated rings. The van der Waals surface area contributed by atoms with Crippen LogP contribution in [0.4, 0.5) is 0 Å². The first-order valence-corrected chi connectivity index (χ1v) is 14.8. The normalized spacial score (nSPS) is 11.2. The van der Waals surface area contributed by atoms with Gasteiger partial charge in [-0.2, -0.15) is 0 Å². The van der Waals surface area contributed by atoms with Crippen LogP contribution in [0.3, 0.4) is 0 Å². The molecule has 206 valence electrons. The van der Waals surface area contributed by atoms with Crippen LogP contribution >= 0.6 is 0 Å². The van der Waals surface area contributed by atoms with Gasteiger partial charge in [-0.3, -0.25) is 0 Å². The molecule has 3 heteroatoms. The predicted octanol–water partition coefficient (Wildman–Crippen LogP) is 10.5. The number of hydrogen-bond donors (Lipinski definition) is 0. The Hall–Kier alpha value is -5.93. The molecule has 0 amide bonds. The van der Waals surface area contributed by atoms with Crippen molar-refractivity contribution in [3.63, 3.8) is 0 Å². The van der Waals surface area contributed by atoms with Gasteiger partial charge in [0.1, 0.15) is 0 Å². The molecule has 0 aliphatic carbocycles. The first-order chi connectivity index (χ1) is 21.8. The minimum atomic E-state index is 0.655. The van der Waals surface area contributed by atoms with Crippen molar-refractivity contribution in [1.82, 2.24) is 15.0 Å². The summed E-state index contributed by atoms with van der Waals surface area (Å²) in [6.07, 6.45) is 0. The maximum atomic E-state index is 4.87. The SMILES string of the molecule is c1ccc(-c2nc(-c3ccccc3)nc(-c3ccc(-c4ccc(-c5cccc6ccc7ccccc7c56)cc4)cc3)n2)cc1. The van der Waals surface area contributed by atoms with Gasteiger partial charge < -0.3 is 0 Å². The monoisotopic (exact) mass is 561 g/mol. The van der Waals surface area contributed by atoms with Gasteiger partial charge in [-0.1, -0.05) is 164 Å². The Morgan fingerprint density at radius 1 is 0.273 bits per heavy atom. The number of fused-ring (bicyclic) bond motifs is 3. The lowest BCUT2D eigenvalue weighted by Gasteiger charge is -2.11. The van der Waals surface area contributed by atoms with Crippen LogP contribution in [0.15, 0.2) is 164 Å². The molecular formula is C41H27N3. The molecule has 0 aliphatic heterocycles. The van der Waals surface area contributed by atoms with Crippen molar-refractivity contribution in [2.24, 2.45) is 0 Å². The van der Waals surface area contributed by atoms with Crippen molar-refractivity contribution in [2.75, 3.05) is 0 Å². The van der Waals surface area contributed by atoms with Gasteiger partial charge >= 0.3 is 0 Å². The van der Waals surface area contributed by atoms with Gasteiger partial charge in [0.25, 0.3) is 0 Å². The topological polar surface area (TPSA) is 38.7 Å². The first kappa shape index (κ1) is 25.8. The molecule has 0 spiro atoms. The molecule has 0 saturated carbocycles. The van der Waals surface area contributed by atoms with E-state index in [4.69, 9.17) is 15.0 Å². The van der Waals surface area contributed by atoms with Crippen LogP contribution in [0.25, 0.3) is 78.0 Å². The fourth-order valence-electron chi connectivity index (χ4n) is 5.89. The number of nitrogens with zero attached hydrogens (tertiary/aromatic N) is 3. The highest BCUT2D eigenvalue weighted by atomic mass is 15.0. The lowest BCUT2D eigenvalue weighted by Crippen LogP contribution is -2.00. The van der Waals surface area contributed by atoms with Crippen LogP contribution in [-0.2, 0) is 0 Å². The third-order valence-electron chi connectivity index (χ3n) is 8.14. The van der Waals surface area contributed by atoms with Crippen molar-refractivity contribution in [3.8, 4) is 56.4 Å². The van der Waals surface area contributed by atoms with E-state index < -0.39 is 0 Å². The van der Waals surface area contributed by atoms with E-state index in [0.717, 1.165) is 27.8 Å². The minimum Gasteiger partial charge on any atom is -0.208 e. The Labute approximate surface area is 256 Å². The van der Waals surface area contributed by atoms with Crippen LogP contribution < -0.4 is 0 Å². The standard InChI is InChI=1S/C41H27N3/c1-3-11-33(12-4-1)39-42-40(34-13-5-2-6-14-34)44-41(43-39)35-26-20-29(21-27-35)28-18-22-31(23-19-28)37-17-9-15-32-25-24-30-10-7-8-16-36(30)38(32)37/h1-27H. The second kappa shape index (κ2) is 11.0. The van der Waals surface area contributed by atoms with E-state index in [-0.39, 0.29) is 0 Å². The van der Waals surface area contributed by atoms with Crippen LogP contribution in [0.1, 0.15) is 0 Å². The van der Waals surface area contributed by atoms with E-state index in [2.05, 4.69) is 103 Å². The molecule has 0 unspecified atom stereocenters. The maximum Gasteiger partial charge on any atom is 0.164 e. The van der Waals surface area contributed by atoms with Gasteiger partial charge in [0.15, 0.2) is 17.5 Å². The summed E-state index contributed by atoms with van der Waals surface area (Å²) >= 11 is 0. The lowest BCUT2D eigenvalue weighted by molar-refractivity contribution is 1.07. The van der Waals surface area contributed by atoms with Gasteiger partial charge in [0.05, 0.1) is 0 Å². The smallest absolute Gasteiger partial charge is 0.164 e. The molecule has 1 aromatic heterocycles. The van der Waals surface area contributed by atoms with E-state index in [1.165, 1.54) is 32.7 Å². The summed E-state index contributed by atoms with van der Waals surface area (Å²) in [5, 5.41) is 5.09. The van der Waals surface area contributed by atoms with E-state index in [9.17, 15) is 0 Å². The van der Waals surface area contributed by atoms with Crippen molar-refractivity contribution < 1.29 is 0 Å². The fraction of sp³-hybridized carbons (Fsp3) is 0. The molecular weight excluding hydrogens is 534 g/mol. The Bertz CT molecular complexity index is 2180. The van der Waals surface area contributed by atoms with Gasteiger partial charge in [-0.05, 0) is 43.8 Å².